The lowest BCUT2D eigenvalue weighted by Gasteiger charge is -2.24. The van der Waals surface area contributed by atoms with Crippen molar-refractivity contribution >= 4 is 0 Å². The summed E-state index contributed by atoms with van der Waals surface area (Å²) < 4.78 is 5.69. The average Bonchev–Trinajstić information content (AvgIpc) is 2.12. The lowest BCUT2D eigenvalue weighted by atomic mass is 10.2. The predicted octanol–water partition coefficient (Wildman–Crippen LogP) is 1.51. The van der Waals surface area contributed by atoms with Gasteiger partial charge >= 0.3 is 0 Å². The zero-order valence-corrected chi connectivity index (χ0v) is 7.11. The summed E-state index contributed by atoms with van der Waals surface area (Å²) in [7, 11) is 0. The molecule has 1 N–H and O–H groups in total. The molecule has 0 aromatic heterocycles. The van der Waals surface area contributed by atoms with E-state index in [-0.39, 0.29) is 5.60 Å². The highest BCUT2D eigenvalue weighted by Gasteiger charge is 2.20. The molecule has 1 atom stereocenters. The van der Waals surface area contributed by atoms with Crippen molar-refractivity contribution in [1.82, 2.24) is 5.32 Å². The van der Waals surface area contributed by atoms with E-state index in [0.29, 0.717) is 6.23 Å². The van der Waals surface area contributed by atoms with Crippen LogP contribution in [0.25, 0.3) is 0 Å². The number of hydrogen-bond donors (Lipinski definition) is 1. The Balaban J connectivity index is 2.24. The van der Waals surface area contributed by atoms with E-state index in [4.69, 9.17) is 4.74 Å². The normalized spacial score (nSPS) is 27.3. The fourth-order valence-corrected chi connectivity index (χ4v) is 1.18. The van der Waals surface area contributed by atoms with Crippen LogP contribution in [0.3, 0.4) is 0 Å². The molecule has 0 amide bonds. The second-order valence-corrected chi connectivity index (χ2v) is 3.82. The molecule has 0 aliphatic carbocycles. The standard InChI is InChI=1S/C8H17NO/c1-8(2,3)10-7-5-4-6-9-7/h7,9H,4-6H2,1-3H3/t7-/m1/s1. The van der Waals surface area contributed by atoms with Gasteiger partial charge in [0, 0.05) is 0 Å². The lowest BCUT2D eigenvalue weighted by Crippen LogP contribution is -2.33. The van der Waals surface area contributed by atoms with Gasteiger partial charge in [-0.15, -0.1) is 0 Å². The van der Waals surface area contributed by atoms with Gasteiger partial charge in [-0.25, -0.2) is 0 Å². The summed E-state index contributed by atoms with van der Waals surface area (Å²) in [6.45, 7) is 7.38. The van der Waals surface area contributed by atoms with E-state index in [9.17, 15) is 0 Å². The summed E-state index contributed by atoms with van der Waals surface area (Å²) >= 11 is 0. The summed E-state index contributed by atoms with van der Waals surface area (Å²) in [5.74, 6) is 0. The van der Waals surface area contributed by atoms with Crippen LogP contribution in [0.2, 0.25) is 0 Å². The van der Waals surface area contributed by atoms with Crippen LogP contribution in [0, 0.1) is 0 Å². The summed E-state index contributed by atoms with van der Waals surface area (Å²) in [6.07, 6.45) is 2.72. The molecule has 60 valence electrons. The Morgan fingerprint density at radius 1 is 1.40 bits per heavy atom. The predicted molar refractivity (Wildman–Crippen MR) is 41.9 cm³/mol. The molecule has 2 nitrogen and oxygen atoms in total. The van der Waals surface area contributed by atoms with E-state index in [1.54, 1.807) is 0 Å². The van der Waals surface area contributed by atoms with Crippen molar-refractivity contribution in [3.63, 3.8) is 0 Å². The number of ether oxygens (including phenoxy) is 1. The third kappa shape index (κ3) is 2.67. The molecule has 2 heteroatoms. The Labute approximate surface area is 63.0 Å². The SMILES string of the molecule is CC(C)(C)O[C@@H]1CCCN1. The largest absolute Gasteiger partial charge is 0.358 e. The molecule has 0 aromatic rings. The molecule has 1 aliphatic rings. The monoisotopic (exact) mass is 143 g/mol. The highest BCUT2D eigenvalue weighted by molar-refractivity contribution is 4.70. The lowest BCUT2D eigenvalue weighted by molar-refractivity contribution is -0.0657. The molecule has 0 unspecified atom stereocenters. The summed E-state index contributed by atoms with van der Waals surface area (Å²) in [6, 6.07) is 0. The van der Waals surface area contributed by atoms with Gasteiger partial charge in [-0.1, -0.05) is 0 Å². The van der Waals surface area contributed by atoms with Crippen LogP contribution in [-0.4, -0.2) is 18.4 Å². The van der Waals surface area contributed by atoms with Gasteiger partial charge in [0.2, 0.25) is 0 Å². The fraction of sp³-hybridized carbons (Fsp3) is 1.00. The van der Waals surface area contributed by atoms with E-state index < -0.39 is 0 Å². The maximum absolute atomic E-state index is 5.69. The van der Waals surface area contributed by atoms with E-state index in [2.05, 4.69) is 26.1 Å². The summed E-state index contributed by atoms with van der Waals surface area (Å²) in [4.78, 5) is 0. The minimum Gasteiger partial charge on any atom is -0.358 e. The van der Waals surface area contributed by atoms with E-state index in [1.807, 2.05) is 0 Å². The van der Waals surface area contributed by atoms with Crippen molar-refractivity contribution in [2.45, 2.75) is 45.4 Å². The third-order valence-electron chi connectivity index (χ3n) is 1.51. The average molecular weight is 143 g/mol. The van der Waals surface area contributed by atoms with Crippen LogP contribution in [0.4, 0.5) is 0 Å². The van der Waals surface area contributed by atoms with Crippen molar-refractivity contribution < 1.29 is 4.74 Å². The third-order valence-corrected chi connectivity index (χ3v) is 1.51. The molecule has 10 heavy (non-hydrogen) atoms. The highest BCUT2D eigenvalue weighted by atomic mass is 16.5. The Morgan fingerprint density at radius 3 is 2.50 bits per heavy atom. The minimum absolute atomic E-state index is 0.00199. The second kappa shape index (κ2) is 2.89. The Hall–Kier alpha value is -0.0800. The van der Waals surface area contributed by atoms with Crippen molar-refractivity contribution in [2.24, 2.45) is 0 Å². The Morgan fingerprint density at radius 2 is 2.10 bits per heavy atom. The smallest absolute Gasteiger partial charge is 0.108 e. The molecule has 0 saturated carbocycles. The second-order valence-electron chi connectivity index (χ2n) is 3.82. The van der Waals surface area contributed by atoms with Crippen LogP contribution in [0.1, 0.15) is 33.6 Å². The van der Waals surface area contributed by atoms with Crippen LogP contribution in [0.15, 0.2) is 0 Å². The van der Waals surface area contributed by atoms with Gasteiger partial charge in [-0.3, -0.25) is 5.32 Å². The van der Waals surface area contributed by atoms with Crippen molar-refractivity contribution in [1.29, 1.82) is 0 Å². The van der Waals surface area contributed by atoms with Gasteiger partial charge in [0.1, 0.15) is 6.23 Å². The fourth-order valence-electron chi connectivity index (χ4n) is 1.18. The Bertz CT molecular complexity index is 100. The van der Waals surface area contributed by atoms with Crippen LogP contribution in [0.5, 0.6) is 0 Å². The molecule has 1 aliphatic heterocycles. The van der Waals surface area contributed by atoms with Gasteiger partial charge in [-0.2, -0.15) is 0 Å². The topological polar surface area (TPSA) is 21.3 Å². The zero-order valence-electron chi connectivity index (χ0n) is 7.11. The first-order chi connectivity index (χ1) is 4.58. The number of rotatable bonds is 1. The first-order valence-corrected chi connectivity index (χ1v) is 3.99. The quantitative estimate of drug-likeness (QED) is 0.600. The van der Waals surface area contributed by atoms with Gasteiger partial charge < -0.3 is 4.74 Å². The molecule has 1 saturated heterocycles. The van der Waals surface area contributed by atoms with Gasteiger partial charge in [-0.05, 0) is 40.2 Å². The molecule has 0 aromatic carbocycles. The van der Waals surface area contributed by atoms with Crippen LogP contribution < -0.4 is 5.32 Å². The molecule has 1 heterocycles. The minimum atomic E-state index is 0.00199. The zero-order chi connectivity index (χ0) is 7.61. The van der Waals surface area contributed by atoms with Crippen LogP contribution >= 0.6 is 0 Å². The summed E-state index contributed by atoms with van der Waals surface area (Å²) in [5.41, 5.74) is 0.00199. The highest BCUT2D eigenvalue weighted by Crippen LogP contribution is 2.15. The van der Waals surface area contributed by atoms with Crippen molar-refractivity contribution in [3.8, 4) is 0 Å². The first kappa shape index (κ1) is 8.02. The molecular weight excluding hydrogens is 126 g/mol. The van der Waals surface area contributed by atoms with Gasteiger partial charge in [0.15, 0.2) is 0 Å². The Kier molecular flexibility index (Phi) is 2.32. The van der Waals surface area contributed by atoms with E-state index >= 15 is 0 Å². The van der Waals surface area contributed by atoms with Gasteiger partial charge in [0.05, 0.1) is 5.60 Å². The molecule has 0 spiro atoms. The van der Waals surface area contributed by atoms with E-state index in [1.165, 1.54) is 6.42 Å². The van der Waals surface area contributed by atoms with Crippen molar-refractivity contribution in [2.75, 3.05) is 6.54 Å². The van der Waals surface area contributed by atoms with Gasteiger partial charge in [0.25, 0.3) is 0 Å². The number of nitrogens with one attached hydrogen (secondary N) is 1. The molecule has 1 rings (SSSR count). The molecule has 0 bridgehead atoms. The van der Waals surface area contributed by atoms with Crippen LogP contribution in [-0.2, 0) is 4.74 Å². The summed E-state index contributed by atoms with van der Waals surface area (Å²) in [5, 5.41) is 3.29. The maximum atomic E-state index is 5.69. The molecule has 1 fully saturated rings. The first-order valence-electron chi connectivity index (χ1n) is 3.99. The van der Waals surface area contributed by atoms with Crippen molar-refractivity contribution in [3.05, 3.63) is 0 Å². The molecular formula is C8H17NO. The van der Waals surface area contributed by atoms with E-state index in [0.717, 1.165) is 13.0 Å². The number of hydrogen-bond acceptors (Lipinski definition) is 2. The molecule has 0 radical (unpaired) electrons. The maximum Gasteiger partial charge on any atom is 0.108 e.